The molecule has 0 spiro atoms. The quantitative estimate of drug-likeness (QED) is 0.816. The summed E-state index contributed by atoms with van der Waals surface area (Å²) < 4.78 is 51.4. The number of anilines is 3. The van der Waals surface area contributed by atoms with Gasteiger partial charge >= 0.3 is 0 Å². The molecule has 6 nitrogen and oxygen atoms in total. The maximum absolute atomic E-state index is 13.2. The van der Waals surface area contributed by atoms with E-state index in [0.717, 1.165) is 12.1 Å². The highest BCUT2D eigenvalue weighted by molar-refractivity contribution is 7.93. The van der Waals surface area contributed by atoms with Crippen LogP contribution in [0.5, 0.6) is 0 Å². The van der Waals surface area contributed by atoms with E-state index in [1.54, 1.807) is 31.2 Å². The third-order valence-electron chi connectivity index (χ3n) is 4.22. The van der Waals surface area contributed by atoms with Crippen LogP contribution in [0.4, 0.5) is 25.8 Å². The van der Waals surface area contributed by atoms with Gasteiger partial charge in [0.15, 0.2) is 11.6 Å². The molecule has 2 aromatic carbocycles. The number of carbonyl (C=O) groups excluding carboxylic acids is 1. The maximum Gasteiger partial charge on any atom is 0.246 e. The normalized spacial score (nSPS) is 16.8. The van der Waals surface area contributed by atoms with Crippen molar-refractivity contribution < 1.29 is 22.0 Å². The summed E-state index contributed by atoms with van der Waals surface area (Å²) in [5, 5.41) is 5.48. The molecule has 0 unspecified atom stereocenters. The van der Waals surface area contributed by atoms with Gasteiger partial charge in [-0.25, -0.2) is 17.2 Å². The van der Waals surface area contributed by atoms with Gasteiger partial charge in [0, 0.05) is 24.0 Å². The zero-order valence-electron chi connectivity index (χ0n) is 14.6. The zero-order valence-corrected chi connectivity index (χ0v) is 15.4. The zero-order chi connectivity index (χ0) is 19.6. The molecule has 1 fully saturated rings. The van der Waals surface area contributed by atoms with Crippen LogP contribution in [0.15, 0.2) is 42.5 Å². The van der Waals surface area contributed by atoms with Gasteiger partial charge in [0.25, 0.3) is 0 Å². The van der Waals surface area contributed by atoms with Gasteiger partial charge in [-0.05, 0) is 49.7 Å². The van der Waals surface area contributed by atoms with Gasteiger partial charge in [-0.15, -0.1) is 0 Å². The van der Waals surface area contributed by atoms with Crippen molar-refractivity contribution in [3.8, 4) is 0 Å². The van der Waals surface area contributed by atoms with E-state index in [2.05, 4.69) is 10.6 Å². The molecular weight excluding hydrogens is 376 g/mol. The van der Waals surface area contributed by atoms with Crippen molar-refractivity contribution in [3.63, 3.8) is 0 Å². The Morgan fingerprint density at radius 2 is 1.74 bits per heavy atom. The topological polar surface area (TPSA) is 78.5 Å². The fourth-order valence-corrected chi connectivity index (χ4v) is 4.36. The predicted molar refractivity (Wildman–Crippen MR) is 100 cm³/mol. The van der Waals surface area contributed by atoms with Crippen LogP contribution in [0.3, 0.4) is 0 Å². The summed E-state index contributed by atoms with van der Waals surface area (Å²) in [4.78, 5) is 12.2. The van der Waals surface area contributed by atoms with E-state index in [1.807, 2.05) is 0 Å². The van der Waals surface area contributed by atoms with Crippen molar-refractivity contribution in [2.24, 2.45) is 0 Å². The predicted octanol–water partition coefficient (Wildman–Crippen LogP) is 2.94. The van der Waals surface area contributed by atoms with Crippen LogP contribution < -0.4 is 14.9 Å². The Morgan fingerprint density at radius 1 is 1.07 bits per heavy atom. The first-order valence-electron chi connectivity index (χ1n) is 8.39. The molecule has 3 rings (SSSR count). The molecule has 0 saturated carbocycles. The Bertz CT molecular complexity index is 949. The molecule has 144 valence electrons. The molecule has 1 saturated heterocycles. The number of nitrogens with one attached hydrogen (secondary N) is 2. The Labute approximate surface area is 156 Å². The molecule has 27 heavy (non-hydrogen) atoms. The summed E-state index contributed by atoms with van der Waals surface area (Å²) in [6.45, 7) is 2.08. The molecule has 0 aromatic heterocycles. The van der Waals surface area contributed by atoms with E-state index in [4.69, 9.17) is 0 Å². The van der Waals surface area contributed by atoms with Crippen LogP contribution in [0.25, 0.3) is 0 Å². The lowest BCUT2D eigenvalue weighted by atomic mass is 10.2. The van der Waals surface area contributed by atoms with Crippen LogP contribution >= 0.6 is 0 Å². The lowest BCUT2D eigenvalue weighted by Crippen LogP contribution is -2.32. The van der Waals surface area contributed by atoms with Gasteiger partial charge < -0.3 is 10.6 Å². The highest BCUT2D eigenvalue weighted by atomic mass is 32.2. The fraction of sp³-hybridized carbons (Fsp3) is 0.278. The number of benzene rings is 2. The Morgan fingerprint density at radius 3 is 2.33 bits per heavy atom. The van der Waals surface area contributed by atoms with Crippen molar-refractivity contribution >= 4 is 33.0 Å². The van der Waals surface area contributed by atoms with Crippen LogP contribution in [0.1, 0.15) is 13.3 Å². The van der Waals surface area contributed by atoms with E-state index in [-0.39, 0.29) is 11.4 Å². The first kappa shape index (κ1) is 19.1. The van der Waals surface area contributed by atoms with E-state index >= 15 is 0 Å². The third-order valence-corrected chi connectivity index (χ3v) is 6.09. The summed E-state index contributed by atoms with van der Waals surface area (Å²) in [5.74, 6) is -2.30. The number of rotatable bonds is 5. The minimum absolute atomic E-state index is 0.147. The number of sulfonamides is 1. The first-order valence-corrected chi connectivity index (χ1v) is 10.00. The first-order chi connectivity index (χ1) is 12.8. The van der Waals surface area contributed by atoms with Gasteiger partial charge in [-0.3, -0.25) is 9.10 Å². The number of hydrogen-bond acceptors (Lipinski definition) is 4. The van der Waals surface area contributed by atoms with Crippen molar-refractivity contribution in [1.29, 1.82) is 0 Å². The Hall–Kier alpha value is -2.68. The lowest BCUT2D eigenvalue weighted by Gasteiger charge is -2.19. The molecule has 0 radical (unpaired) electrons. The van der Waals surface area contributed by atoms with Gasteiger partial charge in [-0.2, -0.15) is 0 Å². The molecular formula is C18H19F2N3O3S. The monoisotopic (exact) mass is 395 g/mol. The second-order valence-corrected chi connectivity index (χ2v) is 8.29. The third kappa shape index (κ3) is 4.36. The maximum atomic E-state index is 13.2. The Balaban J connectivity index is 1.62. The van der Waals surface area contributed by atoms with E-state index < -0.39 is 33.6 Å². The summed E-state index contributed by atoms with van der Waals surface area (Å²) in [5.41, 5.74) is 1.36. The van der Waals surface area contributed by atoms with Gasteiger partial charge in [0.2, 0.25) is 15.9 Å². The smallest absolute Gasteiger partial charge is 0.246 e. The highest BCUT2D eigenvalue weighted by Crippen LogP contribution is 2.25. The molecule has 1 atom stereocenters. The molecule has 1 amide bonds. The SMILES string of the molecule is C[C@H](Nc1ccc(N2CCCS2(=O)=O)cc1)C(=O)Nc1ccc(F)c(F)c1. The second-order valence-electron chi connectivity index (χ2n) is 6.27. The Kier molecular flexibility index (Phi) is 5.31. The standard InChI is InChI=1S/C18H19F2N3O3S/c1-12(18(24)22-14-5-8-16(19)17(20)11-14)21-13-3-6-15(7-4-13)23-9-2-10-27(23,25)26/h3-8,11-12,21H,2,9-10H2,1H3,(H,22,24)/t12-/m0/s1. The summed E-state index contributed by atoms with van der Waals surface area (Å²) in [6, 6.07) is 9.18. The molecule has 2 aromatic rings. The van der Waals surface area contributed by atoms with Crippen molar-refractivity contribution in [1.82, 2.24) is 0 Å². The van der Waals surface area contributed by atoms with Crippen LogP contribution in [-0.2, 0) is 14.8 Å². The summed E-state index contributed by atoms with van der Waals surface area (Å²) in [7, 11) is -3.24. The van der Waals surface area contributed by atoms with E-state index in [9.17, 15) is 22.0 Å². The minimum atomic E-state index is -3.24. The molecule has 0 aliphatic carbocycles. The molecule has 1 aliphatic rings. The van der Waals surface area contributed by atoms with E-state index in [1.165, 1.54) is 10.4 Å². The number of halogens is 2. The van der Waals surface area contributed by atoms with Crippen molar-refractivity contribution in [3.05, 3.63) is 54.1 Å². The van der Waals surface area contributed by atoms with E-state index in [0.29, 0.717) is 24.3 Å². The number of nitrogens with zero attached hydrogens (tertiary/aromatic N) is 1. The van der Waals surface area contributed by atoms with Crippen LogP contribution in [0.2, 0.25) is 0 Å². The molecule has 0 bridgehead atoms. The molecule has 1 heterocycles. The highest BCUT2D eigenvalue weighted by Gasteiger charge is 2.28. The molecule has 1 aliphatic heterocycles. The average Bonchev–Trinajstić information content (AvgIpc) is 2.98. The van der Waals surface area contributed by atoms with Gasteiger partial charge in [0.05, 0.1) is 11.4 Å². The van der Waals surface area contributed by atoms with Gasteiger partial charge in [0.1, 0.15) is 6.04 Å². The van der Waals surface area contributed by atoms with Crippen LogP contribution in [0, 0.1) is 11.6 Å². The van der Waals surface area contributed by atoms with Gasteiger partial charge in [-0.1, -0.05) is 0 Å². The molecule has 9 heteroatoms. The lowest BCUT2D eigenvalue weighted by molar-refractivity contribution is -0.116. The fourth-order valence-electron chi connectivity index (χ4n) is 2.79. The van der Waals surface area contributed by atoms with Crippen molar-refractivity contribution in [2.75, 3.05) is 27.2 Å². The molecule has 2 N–H and O–H groups in total. The second kappa shape index (κ2) is 7.51. The average molecular weight is 395 g/mol. The summed E-state index contributed by atoms with van der Waals surface area (Å²) in [6.07, 6.45) is 0.601. The number of carbonyl (C=O) groups is 1. The number of amides is 1. The minimum Gasteiger partial charge on any atom is -0.374 e. The van der Waals surface area contributed by atoms with Crippen LogP contribution in [-0.4, -0.2) is 32.7 Å². The van der Waals surface area contributed by atoms with Crippen molar-refractivity contribution in [2.45, 2.75) is 19.4 Å². The number of hydrogen-bond donors (Lipinski definition) is 2. The summed E-state index contributed by atoms with van der Waals surface area (Å²) >= 11 is 0. The largest absolute Gasteiger partial charge is 0.374 e.